The van der Waals surface area contributed by atoms with E-state index in [1.165, 1.54) is 32.7 Å². The number of benzene rings is 3. The SMILES string of the molecule is CC(C)[C@H](NC(=O)[C@H](C)NC(=O)[C@H](Cc1c[nH]c2ccccc12)NC(=O)[C@H](Cc1cnc[nH]1)NC(=O)c1cc2ccccc2cn1)C(=O)N[C@H](C)C(=O)N[C@@H](Cc1cnc[nH]1)C(=O)N1CCC[C@@H]1CN[C@@H](Cc1ccccc1)C(N)=O. The molecule has 0 aliphatic carbocycles. The summed E-state index contributed by atoms with van der Waals surface area (Å²) in [6.07, 6.45) is 11.0. The number of carbonyl (C=O) groups is 8. The quantitative estimate of drug-likeness (QED) is 0.0370. The predicted octanol–water partition coefficient (Wildman–Crippen LogP) is 1.79. The number of carbonyl (C=O) groups excluding carboxylic acids is 8. The van der Waals surface area contributed by atoms with Crippen LogP contribution in [-0.4, -0.2) is 143 Å². The van der Waals surface area contributed by atoms with E-state index in [2.05, 4.69) is 67.1 Å². The Kier molecular flexibility index (Phi) is 19.4. The van der Waals surface area contributed by atoms with E-state index in [1.54, 1.807) is 43.4 Å². The van der Waals surface area contributed by atoms with Crippen LogP contribution in [0.3, 0.4) is 0 Å². The Hall–Kier alpha value is -9.25. The van der Waals surface area contributed by atoms with Crippen molar-refractivity contribution >= 4 is 68.9 Å². The van der Waals surface area contributed by atoms with E-state index >= 15 is 0 Å². The minimum Gasteiger partial charge on any atom is -0.368 e. The number of rotatable bonds is 26. The van der Waals surface area contributed by atoms with E-state index in [0.29, 0.717) is 42.8 Å². The highest BCUT2D eigenvalue weighted by atomic mass is 16.2. The van der Waals surface area contributed by atoms with Crippen LogP contribution in [0.5, 0.6) is 0 Å². The first kappa shape index (κ1) is 57.9. The Balaban J connectivity index is 0.910. The molecule has 424 valence electrons. The molecule has 5 heterocycles. The number of para-hydroxylation sites is 1. The second-order valence-corrected chi connectivity index (χ2v) is 20.8. The van der Waals surface area contributed by atoms with E-state index in [1.807, 2.05) is 78.9 Å². The lowest BCUT2D eigenvalue weighted by Crippen LogP contribution is -2.60. The molecule has 1 fully saturated rings. The van der Waals surface area contributed by atoms with Gasteiger partial charge in [0.05, 0.1) is 18.7 Å². The summed E-state index contributed by atoms with van der Waals surface area (Å²) < 4.78 is 0. The Bertz CT molecular complexity index is 3310. The molecule has 81 heavy (non-hydrogen) atoms. The minimum absolute atomic E-state index is 0.0253. The average Bonchev–Trinajstić information content (AvgIpc) is 4.39. The maximum Gasteiger partial charge on any atom is 0.270 e. The average molecular weight is 1100 g/mol. The number of amides is 8. The van der Waals surface area contributed by atoms with Crippen molar-refractivity contribution in [3.05, 3.63) is 151 Å². The van der Waals surface area contributed by atoms with Crippen LogP contribution in [0.1, 0.15) is 73.5 Å². The number of nitrogens with zero attached hydrogens (tertiary/aromatic N) is 4. The molecule has 0 spiro atoms. The van der Waals surface area contributed by atoms with Crippen LogP contribution in [0.15, 0.2) is 122 Å². The number of H-pyrrole nitrogens is 3. The van der Waals surface area contributed by atoms with Crippen molar-refractivity contribution in [1.82, 2.24) is 72.0 Å². The molecule has 0 saturated carbocycles. The smallest absolute Gasteiger partial charge is 0.270 e. The minimum atomic E-state index is -1.29. The number of fused-ring (bicyclic) bond motifs is 2. The van der Waals surface area contributed by atoms with Crippen LogP contribution < -0.4 is 43.0 Å². The summed E-state index contributed by atoms with van der Waals surface area (Å²) in [5, 5.41) is 22.2. The van der Waals surface area contributed by atoms with Gasteiger partial charge < -0.3 is 62.8 Å². The van der Waals surface area contributed by atoms with Gasteiger partial charge in [0.1, 0.15) is 41.9 Å². The number of aromatic amines is 3. The van der Waals surface area contributed by atoms with Crippen molar-refractivity contribution in [2.75, 3.05) is 13.1 Å². The number of hydrogen-bond acceptors (Lipinski definition) is 12. The van der Waals surface area contributed by atoms with Gasteiger partial charge in [-0.3, -0.25) is 43.3 Å². The van der Waals surface area contributed by atoms with Crippen LogP contribution in [-0.2, 0) is 59.2 Å². The molecule has 8 rings (SSSR count). The first-order valence-electron chi connectivity index (χ1n) is 27.0. The highest BCUT2D eigenvalue weighted by Crippen LogP contribution is 2.22. The number of aromatic nitrogens is 6. The number of nitrogens with one attached hydrogen (secondary N) is 10. The van der Waals surface area contributed by atoms with Gasteiger partial charge in [0.25, 0.3) is 5.91 Å². The number of hydrogen-bond donors (Lipinski definition) is 11. The molecule has 23 heteroatoms. The fourth-order valence-corrected chi connectivity index (χ4v) is 9.88. The third-order valence-electron chi connectivity index (χ3n) is 14.4. The Labute approximate surface area is 467 Å². The number of nitrogens with two attached hydrogens (primary N) is 1. The molecule has 0 unspecified atom stereocenters. The zero-order valence-electron chi connectivity index (χ0n) is 45.5. The monoisotopic (exact) mass is 1100 g/mol. The molecule has 1 aliphatic rings. The molecule has 23 nitrogen and oxygen atoms in total. The largest absolute Gasteiger partial charge is 0.368 e. The van der Waals surface area contributed by atoms with Crippen molar-refractivity contribution in [1.29, 1.82) is 0 Å². The van der Waals surface area contributed by atoms with Crippen LogP contribution in [0, 0.1) is 5.92 Å². The van der Waals surface area contributed by atoms with Gasteiger partial charge in [-0.2, -0.15) is 0 Å². The third kappa shape index (κ3) is 15.3. The number of primary amides is 1. The number of likely N-dealkylation sites (tertiary alicyclic amines) is 1. The second kappa shape index (κ2) is 27.1. The summed E-state index contributed by atoms with van der Waals surface area (Å²) in [4.78, 5) is 135. The molecule has 3 aromatic carbocycles. The van der Waals surface area contributed by atoms with Crippen molar-refractivity contribution in [2.24, 2.45) is 11.7 Å². The molecule has 12 N–H and O–H groups in total. The van der Waals surface area contributed by atoms with E-state index in [0.717, 1.165) is 27.2 Å². The van der Waals surface area contributed by atoms with Gasteiger partial charge in [-0.05, 0) is 67.7 Å². The summed E-state index contributed by atoms with van der Waals surface area (Å²) >= 11 is 0. The third-order valence-corrected chi connectivity index (χ3v) is 14.4. The predicted molar refractivity (Wildman–Crippen MR) is 301 cm³/mol. The second-order valence-electron chi connectivity index (χ2n) is 20.8. The van der Waals surface area contributed by atoms with E-state index in [4.69, 9.17) is 5.73 Å². The Morgan fingerprint density at radius 3 is 1.90 bits per heavy atom. The first-order chi connectivity index (χ1) is 39.0. The van der Waals surface area contributed by atoms with Crippen molar-refractivity contribution in [2.45, 2.75) is 115 Å². The van der Waals surface area contributed by atoms with Gasteiger partial charge in [0, 0.05) is 90.9 Å². The highest BCUT2D eigenvalue weighted by molar-refractivity contribution is 6.00. The fraction of sp³-hybridized carbons (Fsp3) is 0.362. The number of pyridine rings is 1. The van der Waals surface area contributed by atoms with Gasteiger partial charge in [-0.1, -0.05) is 86.6 Å². The van der Waals surface area contributed by atoms with E-state index < -0.39 is 89.6 Å². The van der Waals surface area contributed by atoms with Crippen LogP contribution in [0.25, 0.3) is 21.7 Å². The summed E-state index contributed by atoms with van der Waals surface area (Å²) in [7, 11) is 0. The Morgan fingerprint density at radius 1 is 0.617 bits per heavy atom. The lowest BCUT2D eigenvalue weighted by atomic mass is 10.0. The van der Waals surface area contributed by atoms with Gasteiger partial charge >= 0.3 is 0 Å². The first-order valence-corrected chi connectivity index (χ1v) is 27.0. The zero-order valence-corrected chi connectivity index (χ0v) is 45.5. The molecule has 0 radical (unpaired) electrons. The van der Waals surface area contributed by atoms with Crippen molar-refractivity contribution < 1.29 is 38.4 Å². The standard InChI is InChI=1S/C58H69N15O8/c1-33(2)50(57(80)68-34(3)52(75)71-49(25-41-29-61-32-66-41)58(81)73-20-12-17-42(73)30-64-45(51(59)74)21-36-13-6-5-7-14-36)72-53(76)35(4)67-55(78)47(23-39-27-62-44-19-11-10-18-43(39)44)69-56(79)48(24-40-28-60-31-65-40)70-54(77)46-22-37-15-8-9-16-38(37)26-63-46/h5-11,13-16,18-19,22,26-29,31-35,42,45,47-50,62,64H,12,17,20-21,23-25,30H2,1-4H3,(H2,59,74)(H,60,65)(H,61,66)(H,67,78)(H,68,80)(H,69,79)(H,70,77)(H,71,75)(H,72,76)/t34-,35+,42-,45+,47+,48+,49+,50+/m1/s1. The zero-order chi connectivity index (χ0) is 57.6. The lowest BCUT2D eigenvalue weighted by molar-refractivity contribution is -0.138. The highest BCUT2D eigenvalue weighted by Gasteiger charge is 2.37. The van der Waals surface area contributed by atoms with E-state index in [9.17, 15) is 38.4 Å². The van der Waals surface area contributed by atoms with E-state index in [-0.39, 0.29) is 43.5 Å². The molecular formula is C58H69N15O8. The molecule has 8 amide bonds. The number of imidazole rings is 2. The molecule has 1 saturated heterocycles. The molecular weight excluding hydrogens is 1030 g/mol. The molecule has 1 aliphatic heterocycles. The van der Waals surface area contributed by atoms with Crippen molar-refractivity contribution in [3.8, 4) is 0 Å². The molecule has 8 atom stereocenters. The Morgan fingerprint density at radius 2 is 1.22 bits per heavy atom. The van der Waals surface area contributed by atoms with Gasteiger partial charge in [-0.15, -0.1) is 0 Å². The van der Waals surface area contributed by atoms with Crippen molar-refractivity contribution in [3.63, 3.8) is 0 Å². The summed E-state index contributed by atoms with van der Waals surface area (Å²) in [5.41, 5.74) is 9.37. The maximum atomic E-state index is 14.4. The normalized spacial score (nSPS) is 15.9. The maximum absolute atomic E-state index is 14.4. The lowest BCUT2D eigenvalue weighted by Gasteiger charge is -2.31. The summed E-state index contributed by atoms with van der Waals surface area (Å²) in [6.45, 7) is 7.00. The molecule has 7 aromatic rings. The van der Waals surface area contributed by atoms with Gasteiger partial charge in [0.2, 0.25) is 41.4 Å². The van der Waals surface area contributed by atoms with Gasteiger partial charge in [0.15, 0.2) is 0 Å². The summed E-state index contributed by atoms with van der Waals surface area (Å²) in [5.74, 6) is -5.55. The molecule has 0 bridgehead atoms. The van der Waals surface area contributed by atoms with Crippen LogP contribution >= 0.6 is 0 Å². The topological polar surface area (TPSA) is 336 Å². The van der Waals surface area contributed by atoms with Crippen LogP contribution in [0.4, 0.5) is 0 Å². The molecule has 4 aromatic heterocycles. The van der Waals surface area contributed by atoms with Gasteiger partial charge in [-0.25, -0.2) is 9.97 Å². The van der Waals surface area contributed by atoms with Crippen LogP contribution in [0.2, 0.25) is 0 Å². The summed E-state index contributed by atoms with van der Waals surface area (Å²) in [6, 6.07) is 17.7. The fourth-order valence-electron chi connectivity index (χ4n) is 9.88.